The van der Waals surface area contributed by atoms with E-state index in [4.69, 9.17) is 4.74 Å². The summed E-state index contributed by atoms with van der Waals surface area (Å²) in [7, 11) is 1.99. The summed E-state index contributed by atoms with van der Waals surface area (Å²) in [5.74, 6) is 1.58. The fraction of sp³-hybridized carbons (Fsp3) is 0.647. The van der Waals surface area contributed by atoms with Crippen LogP contribution in [0.3, 0.4) is 0 Å². The molecule has 3 atom stereocenters. The van der Waals surface area contributed by atoms with Gasteiger partial charge in [0.15, 0.2) is 0 Å². The fourth-order valence-electron chi connectivity index (χ4n) is 3.31. The Morgan fingerprint density at radius 2 is 1.74 bits per heavy atom. The zero-order valence-electron chi connectivity index (χ0n) is 12.4. The number of hydrogen-bond acceptors (Lipinski definition) is 2. The Morgan fingerprint density at radius 3 is 2.32 bits per heavy atom. The highest BCUT2D eigenvalue weighted by Gasteiger charge is 2.27. The lowest BCUT2D eigenvalue weighted by atomic mass is 9.81. The number of nitrogens with one attached hydrogen (secondary N) is 1. The lowest BCUT2D eigenvalue weighted by molar-refractivity contribution is -0.0491. The molecule has 0 saturated heterocycles. The van der Waals surface area contributed by atoms with Gasteiger partial charge in [-0.1, -0.05) is 44.2 Å². The number of likely N-dealkylation sites (N-methyl/N-ethyl adjacent to an activating group) is 1. The second kappa shape index (κ2) is 7.06. The fourth-order valence-corrected chi connectivity index (χ4v) is 3.31. The predicted octanol–water partition coefficient (Wildman–Crippen LogP) is 3.79. The van der Waals surface area contributed by atoms with E-state index in [-0.39, 0.29) is 6.10 Å². The summed E-state index contributed by atoms with van der Waals surface area (Å²) in [5.41, 5.74) is 1.28. The quantitative estimate of drug-likeness (QED) is 0.870. The van der Waals surface area contributed by atoms with Gasteiger partial charge in [-0.25, -0.2) is 0 Å². The van der Waals surface area contributed by atoms with Crippen LogP contribution in [-0.4, -0.2) is 19.7 Å². The Morgan fingerprint density at radius 1 is 1.11 bits per heavy atom. The Balaban J connectivity index is 2.00. The van der Waals surface area contributed by atoms with Crippen LogP contribution in [0.25, 0.3) is 0 Å². The maximum atomic E-state index is 6.40. The molecule has 0 aliphatic heterocycles. The van der Waals surface area contributed by atoms with Crippen LogP contribution in [-0.2, 0) is 4.74 Å². The average Bonchev–Trinajstić information content (AvgIpc) is 2.38. The molecule has 2 heteroatoms. The van der Waals surface area contributed by atoms with Crippen molar-refractivity contribution in [2.75, 3.05) is 13.6 Å². The van der Waals surface area contributed by atoms with E-state index in [0.717, 1.165) is 18.4 Å². The van der Waals surface area contributed by atoms with Crippen molar-refractivity contribution in [1.29, 1.82) is 0 Å². The van der Waals surface area contributed by atoms with Crippen LogP contribution in [0.15, 0.2) is 30.3 Å². The summed E-state index contributed by atoms with van der Waals surface area (Å²) in [6.07, 6.45) is 4.35. The summed E-state index contributed by atoms with van der Waals surface area (Å²) >= 11 is 0. The van der Waals surface area contributed by atoms with Crippen LogP contribution in [0.2, 0.25) is 0 Å². The first-order valence-electron chi connectivity index (χ1n) is 7.54. The third-order valence-corrected chi connectivity index (χ3v) is 4.05. The van der Waals surface area contributed by atoms with Gasteiger partial charge in [0.1, 0.15) is 0 Å². The normalized spacial score (nSPS) is 29.1. The van der Waals surface area contributed by atoms with Gasteiger partial charge in [-0.05, 0) is 43.7 Å². The highest BCUT2D eigenvalue weighted by Crippen LogP contribution is 2.33. The maximum Gasteiger partial charge on any atom is 0.0952 e. The van der Waals surface area contributed by atoms with Crippen LogP contribution in [0.4, 0.5) is 0 Å². The average molecular weight is 261 g/mol. The topological polar surface area (TPSA) is 21.3 Å². The van der Waals surface area contributed by atoms with Crippen molar-refractivity contribution in [2.45, 2.75) is 45.3 Å². The standard InChI is InChI=1S/C17H27NO/c1-13-9-14(2)11-16(10-13)19-17(12-18-3)15-7-5-4-6-8-15/h4-8,13-14,16-18H,9-12H2,1-3H3. The van der Waals surface area contributed by atoms with E-state index < -0.39 is 0 Å². The van der Waals surface area contributed by atoms with Gasteiger partial charge >= 0.3 is 0 Å². The molecular weight excluding hydrogens is 234 g/mol. The first-order chi connectivity index (χ1) is 9.19. The van der Waals surface area contributed by atoms with Crippen LogP contribution in [0.1, 0.15) is 44.8 Å². The Kier molecular flexibility index (Phi) is 5.41. The van der Waals surface area contributed by atoms with Crippen LogP contribution in [0, 0.1) is 11.8 Å². The van der Waals surface area contributed by atoms with E-state index in [2.05, 4.69) is 49.5 Å². The predicted molar refractivity (Wildman–Crippen MR) is 80.2 cm³/mol. The van der Waals surface area contributed by atoms with E-state index >= 15 is 0 Å². The molecule has 0 radical (unpaired) electrons. The molecule has 1 aliphatic rings. The van der Waals surface area contributed by atoms with Crippen LogP contribution in [0.5, 0.6) is 0 Å². The molecule has 19 heavy (non-hydrogen) atoms. The number of hydrogen-bond donors (Lipinski definition) is 1. The van der Waals surface area contributed by atoms with E-state index in [1.54, 1.807) is 0 Å². The molecule has 0 amide bonds. The summed E-state index contributed by atoms with van der Waals surface area (Å²) in [6.45, 7) is 5.58. The van der Waals surface area contributed by atoms with Gasteiger partial charge in [-0.15, -0.1) is 0 Å². The van der Waals surface area contributed by atoms with Gasteiger partial charge in [0.05, 0.1) is 12.2 Å². The van der Waals surface area contributed by atoms with Crippen molar-refractivity contribution >= 4 is 0 Å². The molecule has 0 heterocycles. The molecule has 0 bridgehead atoms. The Hall–Kier alpha value is -0.860. The first-order valence-corrected chi connectivity index (χ1v) is 7.54. The zero-order chi connectivity index (χ0) is 13.7. The van der Waals surface area contributed by atoms with E-state index in [0.29, 0.717) is 6.10 Å². The largest absolute Gasteiger partial charge is 0.369 e. The molecule has 1 aliphatic carbocycles. The second-order valence-corrected chi connectivity index (χ2v) is 6.13. The molecule has 0 aromatic heterocycles. The monoisotopic (exact) mass is 261 g/mol. The van der Waals surface area contributed by atoms with E-state index in [9.17, 15) is 0 Å². The van der Waals surface area contributed by atoms with Gasteiger partial charge in [-0.3, -0.25) is 0 Å². The number of benzene rings is 1. The Bertz CT molecular complexity index is 355. The molecule has 1 saturated carbocycles. The third-order valence-electron chi connectivity index (χ3n) is 4.05. The van der Waals surface area contributed by atoms with Gasteiger partial charge in [-0.2, -0.15) is 0 Å². The summed E-state index contributed by atoms with van der Waals surface area (Å²) in [4.78, 5) is 0. The molecule has 2 rings (SSSR count). The molecule has 0 spiro atoms. The van der Waals surface area contributed by atoms with Gasteiger partial charge in [0.25, 0.3) is 0 Å². The summed E-state index contributed by atoms with van der Waals surface area (Å²) in [5, 5.41) is 3.25. The molecular formula is C17H27NO. The van der Waals surface area contributed by atoms with Crippen molar-refractivity contribution in [2.24, 2.45) is 11.8 Å². The van der Waals surface area contributed by atoms with Gasteiger partial charge in [0, 0.05) is 6.54 Å². The maximum absolute atomic E-state index is 6.40. The molecule has 3 unspecified atom stereocenters. The molecule has 1 aromatic rings. The van der Waals surface area contributed by atoms with Crippen molar-refractivity contribution < 1.29 is 4.74 Å². The zero-order valence-corrected chi connectivity index (χ0v) is 12.4. The minimum atomic E-state index is 0.175. The Labute approximate surface area is 117 Å². The minimum Gasteiger partial charge on any atom is -0.369 e. The second-order valence-electron chi connectivity index (χ2n) is 6.13. The molecule has 1 fully saturated rings. The lowest BCUT2D eigenvalue weighted by Crippen LogP contribution is -2.30. The molecule has 1 N–H and O–H groups in total. The molecule has 2 nitrogen and oxygen atoms in total. The van der Waals surface area contributed by atoms with Gasteiger partial charge < -0.3 is 10.1 Å². The van der Waals surface area contributed by atoms with Crippen LogP contribution >= 0.6 is 0 Å². The molecule has 106 valence electrons. The van der Waals surface area contributed by atoms with Crippen molar-refractivity contribution in [3.8, 4) is 0 Å². The van der Waals surface area contributed by atoms with Gasteiger partial charge in [0.2, 0.25) is 0 Å². The van der Waals surface area contributed by atoms with E-state index in [1.165, 1.54) is 24.8 Å². The SMILES string of the molecule is CNCC(OC1CC(C)CC(C)C1)c1ccccc1. The van der Waals surface area contributed by atoms with E-state index in [1.807, 2.05) is 7.05 Å². The van der Waals surface area contributed by atoms with Crippen molar-refractivity contribution in [3.63, 3.8) is 0 Å². The smallest absolute Gasteiger partial charge is 0.0952 e. The lowest BCUT2D eigenvalue weighted by Gasteiger charge is -2.34. The van der Waals surface area contributed by atoms with Crippen molar-refractivity contribution in [1.82, 2.24) is 5.32 Å². The van der Waals surface area contributed by atoms with Crippen LogP contribution < -0.4 is 5.32 Å². The number of rotatable bonds is 5. The highest BCUT2D eigenvalue weighted by atomic mass is 16.5. The third kappa shape index (κ3) is 4.32. The molecule has 1 aromatic carbocycles. The minimum absolute atomic E-state index is 0.175. The number of ether oxygens (including phenoxy) is 1. The highest BCUT2D eigenvalue weighted by molar-refractivity contribution is 5.18. The summed E-state index contributed by atoms with van der Waals surface area (Å²) in [6, 6.07) is 10.6. The first kappa shape index (κ1) is 14.5. The summed E-state index contributed by atoms with van der Waals surface area (Å²) < 4.78 is 6.40. The van der Waals surface area contributed by atoms with Crippen molar-refractivity contribution in [3.05, 3.63) is 35.9 Å².